The third-order valence-corrected chi connectivity index (χ3v) is 7.43. The van der Waals surface area contributed by atoms with Crippen molar-refractivity contribution < 1.29 is 5.11 Å². The van der Waals surface area contributed by atoms with Gasteiger partial charge in [0.05, 0.1) is 17.4 Å². The number of aliphatic hydroxyl groups excluding tert-OH is 1. The van der Waals surface area contributed by atoms with E-state index >= 15 is 0 Å². The fraction of sp³-hybridized carbons (Fsp3) is 0.200. The Hall–Kier alpha value is -5.26. The molecule has 5 aromatic rings. The molecule has 4 N–H and O–H groups in total. The van der Waals surface area contributed by atoms with Gasteiger partial charge in [-0.3, -0.25) is 4.98 Å². The molecular weight excluding hydrogens is 534 g/mol. The number of pyridine rings is 2. The van der Waals surface area contributed by atoms with E-state index in [1.54, 1.807) is 18.6 Å². The molecule has 3 aromatic heterocycles. The van der Waals surface area contributed by atoms with Crippen molar-refractivity contribution in [1.82, 2.24) is 19.9 Å². The maximum absolute atomic E-state index is 9.93. The molecule has 0 radical (unpaired) electrons. The fourth-order valence-electron chi connectivity index (χ4n) is 5.02. The molecule has 1 saturated carbocycles. The molecule has 2 aromatic carbocycles. The van der Waals surface area contributed by atoms with E-state index in [1.165, 1.54) is 5.56 Å². The summed E-state index contributed by atoms with van der Waals surface area (Å²) in [5, 5.41) is 20.3. The summed E-state index contributed by atoms with van der Waals surface area (Å²) in [4.78, 5) is 18.3. The lowest BCUT2D eigenvalue weighted by Gasteiger charge is -2.27. The SMILES string of the molecule is Cc1ccccc1Nc1ccnc(C#Cc2ccc(Nc3ncc(-c4ccccn4)c(NC4CCC(O)CC4)n3)cc2)c1. The summed E-state index contributed by atoms with van der Waals surface area (Å²) in [6, 6.07) is 25.9. The number of anilines is 5. The summed E-state index contributed by atoms with van der Waals surface area (Å²) in [6.07, 6.45) is 8.46. The van der Waals surface area contributed by atoms with Gasteiger partial charge in [0.25, 0.3) is 0 Å². The minimum Gasteiger partial charge on any atom is -0.393 e. The summed E-state index contributed by atoms with van der Waals surface area (Å²) in [5.41, 5.74) is 7.24. The predicted molar refractivity (Wildman–Crippen MR) is 172 cm³/mol. The minimum atomic E-state index is -0.217. The van der Waals surface area contributed by atoms with Gasteiger partial charge in [0, 0.05) is 47.3 Å². The average Bonchev–Trinajstić information content (AvgIpc) is 3.04. The van der Waals surface area contributed by atoms with Crippen LogP contribution >= 0.6 is 0 Å². The van der Waals surface area contributed by atoms with Crippen molar-refractivity contribution >= 4 is 28.8 Å². The van der Waals surface area contributed by atoms with Gasteiger partial charge in [-0.2, -0.15) is 4.98 Å². The Bertz CT molecular complexity index is 1740. The van der Waals surface area contributed by atoms with E-state index in [0.717, 1.165) is 65.4 Å². The van der Waals surface area contributed by atoms with E-state index in [4.69, 9.17) is 4.98 Å². The normalized spacial score (nSPS) is 16.0. The maximum Gasteiger partial charge on any atom is 0.229 e. The molecule has 214 valence electrons. The van der Waals surface area contributed by atoms with Gasteiger partial charge in [0.15, 0.2) is 0 Å². The number of aryl methyl sites for hydroxylation is 1. The summed E-state index contributed by atoms with van der Waals surface area (Å²) in [6.45, 7) is 2.08. The van der Waals surface area contributed by atoms with Gasteiger partial charge in [-0.25, -0.2) is 9.97 Å². The van der Waals surface area contributed by atoms with E-state index in [0.29, 0.717) is 11.6 Å². The number of aromatic nitrogens is 4. The molecule has 0 amide bonds. The van der Waals surface area contributed by atoms with E-state index in [9.17, 15) is 5.11 Å². The van der Waals surface area contributed by atoms with Crippen LogP contribution in [0.2, 0.25) is 0 Å². The van der Waals surface area contributed by atoms with Crippen LogP contribution in [0.4, 0.5) is 28.8 Å². The molecule has 1 fully saturated rings. The van der Waals surface area contributed by atoms with Crippen molar-refractivity contribution in [1.29, 1.82) is 0 Å². The second-order valence-electron chi connectivity index (χ2n) is 10.6. The minimum absolute atomic E-state index is 0.217. The van der Waals surface area contributed by atoms with Gasteiger partial charge in [0.1, 0.15) is 11.5 Å². The first kappa shape index (κ1) is 27.9. The quantitative estimate of drug-likeness (QED) is 0.158. The third kappa shape index (κ3) is 7.34. The number of benzene rings is 2. The smallest absolute Gasteiger partial charge is 0.229 e. The first-order valence-electron chi connectivity index (χ1n) is 14.5. The molecule has 0 saturated heterocycles. The van der Waals surface area contributed by atoms with Crippen molar-refractivity contribution in [3.63, 3.8) is 0 Å². The molecule has 8 nitrogen and oxygen atoms in total. The van der Waals surface area contributed by atoms with E-state index in [-0.39, 0.29) is 12.1 Å². The summed E-state index contributed by atoms with van der Waals surface area (Å²) in [7, 11) is 0. The first-order chi connectivity index (χ1) is 21.1. The van der Waals surface area contributed by atoms with Gasteiger partial charge < -0.3 is 21.1 Å². The Morgan fingerprint density at radius 1 is 0.767 bits per heavy atom. The van der Waals surface area contributed by atoms with E-state index in [2.05, 4.69) is 61.8 Å². The van der Waals surface area contributed by atoms with Gasteiger partial charge in [-0.1, -0.05) is 30.2 Å². The number of para-hydroxylation sites is 1. The van der Waals surface area contributed by atoms with E-state index in [1.807, 2.05) is 66.7 Å². The molecule has 3 heterocycles. The molecule has 0 aliphatic heterocycles. The first-order valence-corrected chi connectivity index (χ1v) is 14.5. The summed E-state index contributed by atoms with van der Waals surface area (Å²) >= 11 is 0. The second kappa shape index (κ2) is 13.1. The predicted octanol–water partition coefficient (Wildman–Crippen LogP) is 6.84. The van der Waals surface area contributed by atoms with Crippen molar-refractivity contribution in [2.75, 3.05) is 16.0 Å². The Morgan fingerprint density at radius 2 is 1.58 bits per heavy atom. The number of aliphatic hydroxyl groups is 1. The third-order valence-electron chi connectivity index (χ3n) is 7.43. The van der Waals surface area contributed by atoms with Crippen molar-refractivity contribution in [2.45, 2.75) is 44.8 Å². The molecule has 6 rings (SSSR count). The molecule has 0 unspecified atom stereocenters. The van der Waals surface area contributed by atoms with Crippen molar-refractivity contribution in [3.8, 4) is 23.1 Å². The van der Waals surface area contributed by atoms with Crippen LogP contribution in [0.1, 0.15) is 42.5 Å². The number of nitrogens with one attached hydrogen (secondary N) is 3. The molecule has 43 heavy (non-hydrogen) atoms. The van der Waals surface area contributed by atoms with Crippen LogP contribution in [0.15, 0.2) is 97.5 Å². The molecule has 0 atom stereocenters. The van der Waals surface area contributed by atoms with Gasteiger partial charge in [-0.05, 0) is 98.7 Å². The largest absolute Gasteiger partial charge is 0.393 e. The lowest BCUT2D eigenvalue weighted by atomic mass is 9.93. The number of rotatable bonds is 7. The van der Waals surface area contributed by atoms with Gasteiger partial charge >= 0.3 is 0 Å². The molecule has 0 bridgehead atoms. The lowest BCUT2D eigenvalue weighted by molar-refractivity contribution is 0.126. The number of nitrogens with zero attached hydrogens (tertiary/aromatic N) is 4. The second-order valence-corrected chi connectivity index (χ2v) is 10.6. The number of hydrogen-bond acceptors (Lipinski definition) is 8. The Morgan fingerprint density at radius 3 is 2.37 bits per heavy atom. The highest BCUT2D eigenvalue weighted by Crippen LogP contribution is 2.29. The van der Waals surface area contributed by atoms with Crippen LogP contribution in [0.5, 0.6) is 0 Å². The fourth-order valence-corrected chi connectivity index (χ4v) is 5.02. The highest BCUT2D eigenvalue weighted by atomic mass is 16.3. The average molecular weight is 568 g/mol. The van der Waals surface area contributed by atoms with Crippen molar-refractivity contribution in [3.05, 3.63) is 114 Å². The lowest BCUT2D eigenvalue weighted by Crippen LogP contribution is -2.29. The zero-order valence-electron chi connectivity index (χ0n) is 24.0. The number of hydrogen-bond donors (Lipinski definition) is 4. The maximum atomic E-state index is 9.93. The highest BCUT2D eigenvalue weighted by Gasteiger charge is 2.21. The highest BCUT2D eigenvalue weighted by molar-refractivity contribution is 5.73. The standard InChI is InChI=1S/C35H33N7O/c1-24-6-2-3-7-32(24)39-29-19-21-36-28(22-29)14-11-25-9-12-27(13-10-25)41-35-38-23-31(33-8-4-5-20-37-33)34(42-35)40-26-15-17-30(43)18-16-26/h2-10,12-13,19-23,26,30,43H,15-18H2,1H3,(H,36,39)(H2,38,40,41,42). The van der Waals surface area contributed by atoms with E-state index < -0.39 is 0 Å². The Kier molecular flexibility index (Phi) is 8.53. The monoisotopic (exact) mass is 567 g/mol. The summed E-state index contributed by atoms with van der Waals surface area (Å²) < 4.78 is 0. The molecular formula is C35H33N7O. The summed E-state index contributed by atoms with van der Waals surface area (Å²) in [5.74, 6) is 7.58. The van der Waals surface area contributed by atoms with Crippen LogP contribution < -0.4 is 16.0 Å². The molecule has 8 heteroatoms. The van der Waals surface area contributed by atoms with Gasteiger partial charge in [-0.15, -0.1) is 0 Å². The van der Waals surface area contributed by atoms with Crippen LogP contribution in [0.3, 0.4) is 0 Å². The zero-order chi connectivity index (χ0) is 29.4. The Labute approximate surface area is 251 Å². The van der Waals surface area contributed by atoms with Crippen LogP contribution in [-0.2, 0) is 0 Å². The van der Waals surface area contributed by atoms with Gasteiger partial charge in [0.2, 0.25) is 5.95 Å². The van der Waals surface area contributed by atoms with Crippen LogP contribution in [0, 0.1) is 18.8 Å². The van der Waals surface area contributed by atoms with Crippen LogP contribution in [-0.4, -0.2) is 37.2 Å². The molecule has 0 spiro atoms. The molecule has 1 aliphatic carbocycles. The van der Waals surface area contributed by atoms with Crippen LogP contribution in [0.25, 0.3) is 11.3 Å². The Balaban J connectivity index is 1.15. The van der Waals surface area contributed by atoms with Crippen molar-refractivity contribution in [2.24, 2.45) is 0 Å². The molecule has 1 aliphatic rings. The zero-order valence-corrected chi connectivity index (χ0v) is 24.0. The topological polar surface area (TPSA) is 108 Å².